The van der Waals surface area contributed by atoms with Crippen LogP contribution < -0.4 is 0 Å². The van der Waals surface area contributed by atoms with E-state index >= 15 is 0 Å². The average Bonchev–Trinajstić information content (AvgIpc) is 3.54. The molecule has 2 aromatic heterocycles. The van der Waals surface area contributed by atoms with Crippen LogP contribution in [0.1, 0.15) is 15.9 Å². The predicted molar refractivity (Wildman–Crippen MR) is 165 cm³/mol. The van der Waals surface area contributed by atoms with Crippen molar-refractivity contribution >= 4 is 49.4 Å². The highest BCUT2D eigenvalue weighted by Crippen LogP contribution is 2.35. The van der Waals surface area contributed by atoms with Gasteiger partial charge in [0.05, 0.1) is 22.1 Å². The number of para-hydroxylation sites is 3. The van der Waals surface area contributed by atoms with Gasteiger partial charge in [-0.15, -0.1) is 0 Å². The van der Waals surface area contributed by atoms with Gasteiger partial charge in [-0.2, -0.15) is 0 Å². The Morgan fingerprint density at radius 3 is 1.37 bits per heavy atom. The van der Waals surface area contributed by atoms with Crippen molar-refractivity contribution < 1.29 is 9.18 Å². The van der Waals surface area contributed by atoms with E-state index in [1.807, 2.05) is 30.3 Å². The zero-order chi connectivity index (χ0) is 27.5. The topological polar surface area (TPSA) is 26.9 Å². The molecule has 0 bridgehead atoms. The van der Waals surface area contributed by atoms with Crippen LogP contribution in [0.15, 0.2) is 140 Å². The van der Waals surface area contributed by atoms with Crippen LogP contribution >= 0.6 is 0 Å². The number of benzene rings is 6. The molecule has 0 radical (unpaired) electrons. The number of carbonyl (C=O) groups excluding carboxylic acids is 1. The molecule has 0 aliphatic carbocycles. The maximum Gasteiger partial charge on any atom is 0.193 e. The Balaban J connectivity index is 1.27. The van der Waals surface area contributed by atoms with E-state index in [4.69, 9.17) is 0 Å². The standard InChI is InChI=1S/C37H23FN2O/c38-26-16-13-24(14-17-26)37(41)25-15-22-36-32(23-25)31-9-3-6-12-35(31)40(36)28-20-18-27(19-21-28)39-33-10-4-1-7-29(33)30-8-2-5-11-34(30)39/h1-23H. The number of rotatable bonds is 4. The van der Waals surface area contributed by atoms with Gasteiger partial charge in [0, 0.05) is 44.0 Å². The van der Waals surface area contributed by atoms with Crippen molar-refractivity contribution in [3.63, 3.8) is 0 Å². The highest BCUT2D eigenvalue weighted by molar-refractivity contribution is 6.15. The minimum absolute atomic E-state index is 0.126. The van der Waals surface area contributed by atoms with Gasteiger partial charge in [-0.05, 0) is 84.9 Å². The van der Waals surface area contributed by atoms with E-state index in [-0.39, 0.29) is 11.6 Å². The van der Waals surface area contributed by atoms with Gasteiger partial charge in [0.25, 0.3) is 0 Å². The highest BCUT2D eigenvalue weighted by Gasteiger charge is 2.17. The third-order valence-corrected chi connectivity index (χ3v) is 7.99. The molecule has 0 atom stereocenters. The summed E-state index contributed by atoms with van der Waals surface area (Å²) in [5.41, 5.74) is 7.62. The van der Waals surface area contributed by atoms with Crippen LogP contribution in [0.2, 0.25) is 0 Å². The summed E-state index contributed by atoms with van der Waals surface area (Å²) in [5, 5.41) is 4.55. The van der Waals surface area contributed by atoms with Crippen LogP contribution in [-0.4, -0.2) is 14.9 Å². The number of fused-ring (bicyclic) bond motifs is 6. The van der Waals surface area contributed by atoms with Crippen molar-refractivity contribution in [2.45, 2.75) is 0 Å². The molecule has 8 aromatic rings. The van der Waals surface area contributed by atoms with E-state index in [9.17, 15) is 9.18 Å². The summed E-state index contributed by atoms with van der Waals surface area (Å²) in [6, 6.07) is 45.4. The smallest absolute Gasteiger partial charge is 0.193 e. The number of hydrogen-bond donors (Lipinski definition) is 0. The molecule has 41 heavy (non-hydrogen) atoms. The molecule has 4 heteroatoms. The van der Waals surface area contributed by atoms with Crippen molar-refractivity contribution in [1.82, 2.24) is 9.13 Å². The Bertz CT molecular complexity index is 2220. The van der Waals surface area contributed by atoms with Gasteiger partial charge in [0.2, 0.25) is 0 Å². The fraction of sp³-hybridized carbons (Fsp3) is 0. The molecule has 0 spiro atoms. The molecule has 0 unspecified atom stereocenters. The predicted octanol–water partition coefficient (Wildman–Crippen LogP) is 9.25. The maximum absolute atomic E-state index is 13.4. The molecule has 8 rings (SSSR count). The third kappa shape index (κ3) is 3.61. The SMILES string of the molecule is O=C(c1ccc(F)cc1)c1ccc2c(c1)c1ccccc1n2-c1ccc(-n2c3ccccc3c3ccccc32)cc1. The lowest BCUT2D eigenvalue weighted by Crippen LogP contribution is -2.01. The summed E-state index contributed by atoms with van der Waals surface area (Å²) in [5.74, 6) is -0.483. The van der Waals surface area contributed by atoms with Gasteiger partial charge in [-0.25, -0.2) is 4.39 Å². The first-order valence-electron chi connectivity index (χ1n) is 13.6. The zero-order valence-electron chi connectivity index (χ0n) is 22.0. The minimum atomic E-state index is -0.357. The Labute approximate surface area is 235 Å². The zero-order valence-corrected chi connectivity index (χ0v) is 22.0. The summed E-state index contributed by atoms with van der Waals surface area (Å²) in [4.78, 5) is 13.2. The summed E-state index contributed by atoms with van der Waals surface area (Å²) < 4.78 is 18.0. The molecule has 0 amide bonds. The molecule has 6 aromatic carbocycles. The van der Waals surface area contributed by atoms with Crippen LogP contribution in [0.3, 0.4) is 0 Å². The van der Waals surface area contributed by atoms with Crippen LogP contribution in [0.5, 0.6) is 0 Å². The number of ketones is 1. The lowest BCUT2D eigenvalue weighted by Gasteiger charge is -2.12. The van der Waals surface area contributed by atoms with Crippen LogP contribution in [0.4, 0.5) is 4.39 Å². The largest absolute Gasteiger partial charge is 0.309 e. The lowest BCUT2D eigenvalue weighted by molar-refractivity contribution is 0.103. The first-order chi connectivity index (χ1) is 20.2. The minimum Gasteiger partial charge on any atom is -0.309 e. The monoisotopic (exact) mass is 530 g/mol. The van der Waals surface area contributed by atoms with E-state index in [1.54, 1.807) is 0 Å². The van der Waals surface area contributed by atoms with Crippen LogP contribution in [-0.2, 0) is 0 Å². The summed E-state index contributed by atoms with van der Waals surface area (Å²) in [6.07, 6.45) is 0. The van der Waals surface area contributed by atoms with E-state index < -0.39 is 0 Å². The van der Waals surface area contributed by atoms with Crippen molar-refractivity contribution in [2.75, 3.05) is 0 Å². The maximum atomic E-state index is 13.4. The Kier molecular flexibility index (Phi) is 5.16. The normalized spacial score (nSPS) is 11.6. The van der Waals surface area contributed by atoms with Crippen LogP contribution in [0, 0.1) is 5.82 Å². The second-order valence-electron chi connectivity index (χ2n) is 10.3. The quantitative estimate of drug-likeness (QED) is 0.208. The van der Waals surface area contributed by atoms with Gasteiger partial charge >= 0.3 is 0 Å². The molecule has 194 valence electrons. The van der Waals surface area contributed by atoms with E-state index in [1.165, 1.54) is 46.1 Å². The fourth-order valence-corrected chi connectivity index (χ4v) is 6.11. The van der Waals surface area contributed by atoms with Gasteiger partial charge in [-0.3, -0.25) is 4.79 Å². The summed E-state index contributed by atoms with van der Waals surface area (Å²) in [6.45, 7) is 0. The molecule has 0 N–H and O–H groups in total. The molecule has 3 nitrogen and oxygen atoms in total. The van der Waals surface area contributed by atoms with Crippen molar-refractivity contribution in [3.8, 4) is 11.4 Å². The molecule has 2 heterocycles. The molecular weight excluding hydrogens is 507 g/mol. The molecular formula is C37H23FN2O. The van der Waals surface area contributed by atoms with Gasteiger partial charge in [0.1, 0.15) is 5.82 Å². The summed E-state index contributed by atoms with van der Waals surface area (Å²) >= 11 is 0. The third-order valence-electron chi connectivity index (χ3n) is 7.99. The van der Waals surface area contributed by atoms with E-state index in [0.717, 1.165) is 33.2 Å². The number of aromatic nitrogens is 2. The number of halogens is 1. The number of nitrogens with zero attached hydrogens (tertiary/aromatic N) is 2. The van der Waals surface area contributed by atoms with E-state index in [0.29, 0.717) is 11.1 Å². The first-order valence-corrected chi connectivity index (χ1v) is 13.6. The first kappa shape index (κ1) is 23.4. The second-order valence-corrected chi connectivity index (χ2v) is 10.3. The lowest BCUT2D eigenvalue weighted by atomic mass is 10.0. The molecule has 0 aliphatic heterocycles. The molecule has 0 saturated heterocycles. The average molecular weight is 531 g/mol. The van der Waals surface area contributed by atoms with Gasteiger partial charge < -0.3 is 9.13 Å². The molecule has 0 aliphatic rings. The fourth-order valence-electron chi connectivity index (χ4n) is 6.11. The highest BCUT2D eigenvalue weighted by atomic mass is 19.1. The van der Waals surface area contributed by atoms with Crippen molar-refractivity contribution in [1.29, 1.82) is 0 Å². The van der Waals surface area contributed by atoms with Crippen molar-refractivity contribution in [2.24, 2.45) is 0 Å². The number of carbonyl (C=O) groups is 1. The van der Waals surface area contributed by atoms with Crippen LogP contribution in [0.25, 0.3) is 55.0 Å². The molecule has 0 saturated carbocycles. The Hall–Kier alpha value is -5.48. The van der Waals surface area contributed by atoms with Crippen molar-refractivity contribution in [3.05, 3.63) is 156 Å². The second kappa shape index (κ2) is 9.04. The number of hydrogen-bond acceptors (Lipinski definition) is 1. The molecule has 0 fully saturated rings. The van der Waals surface area contributed by atoms with Gasteiger partial charge in [-0.1, -0.05) is 54.6 Å². The van der Waals surface area contributed by atoms with E-state index in [2.05, 4.69) is 94.1 Å². The summed E-state index contributed by atoms with van der Waals surface area (Å²) in [7, 11) is 0. The Morgan fingerprint density at radius 2 is 0.854 bits per heavy atom. The van der Waals surface area contributed by atoms with Gasteiger partial charge in [0.15, 0.2) is 5.78 Å². The Morgan fingerprint density at radius 1 is 0.439 bits per heavy atom.